The minimum atomic E-state index is -0.0912. The van der Waals surface area contributed by atoms with E-state index in [1.165, 1.54) is 17.1 Å². The molecular formula is C17H16N4OS. The summed E-state index contributed by atoms with van der Waals surface area (Å²) in [5.74, 6) is -0.0912. The largest absolute Gasteiger partial charge is 0.333 e. The third-order valence-corrected chi connectivity index (χ3v) is 4.01. The summed E-state index contributed by atoms with van der Waals surface area (Å²) in [6.07, 6.45) is 4.27. The van der Waals surface area contributed by atoms with Crippen molar-refractivity contribution in [3.05, 3.63) is 77.1 Å². The highest BCUT2D eigenvalue weighted by molar-refractivity contribution is 7.03. The van der Waals surface area contributed by atoms with Gasteiger partial charge in [-0.2, -0.15) is 0 Å². The topological polar surface area (TPSA) is 59.0 Å². The average Bonchev–Trinajstić information content (AvgIpc) is 3.14. The molecule has 23 heavy (non-hydrogen) atoms. The number of aromatic nitrogens is 3. The summed E-state index contributed by atoms with van der Waals surface area (Å²) in [6, 6.07) is 14.0. The highest BCUT2D eigenvalue weighted by atomic mass is 32.1. The first-order valence-electron chi connectivity index (χ1n) is 7.32. The Morgan fingerprint density at radius 1 is 1.04 bits per heavy atom. The second-order valence-electron chi connectivity index (χ2n) is 5.11. The van der Waals surface area contributed by atoms with E-state index in [0.717, 1.165) is 12.0 Å². The van der Waals surface area contributed by atoms with Crippen molar-refractivity contribution >= 4 is 17.4 Å². The number of carbonyl (C=O) groups is 1. The zero-order valence-corrected chi connectivity index (χ0v) is 13.3. The summed E-state index contributed by atoms with van der Waals surface area (Å²) >= 11 is 1.19. The summed E-state index contributed by atoms with van der Waals surface area (Å²) in [5, 5.41) is 5.58. The molecule has 3 rings (SSSR count). The molecule has 0 N–H and O–H groups in total. The summed E-state index contributed by atoms with van der Waals surface area (Å²) in [5.41, 5.74) is 2.65. The van der Waals surface area contributed by atoms with Crippen molar-refractivity contribution in [1.82, 2.24) is 19.5 Å². The van der Waals surface area contributed by atoms with Crippen molar-refractivity contribution in [1.29, 1.82) is 0 Å². The minimum absolute atomic E-state index is 0.0912. The molecule has 1 aromatic carbocycles. The van der Waals surface area contributed by atoms with Crippen LogP contribution < -0.4 is 0 Å². The summed E-state index contributed by atoms with van der Waals surface area (Å²) < 4.78 is 3.79. The fourth-order valence-electron chi connectivity index (χ4n) is 2.29. The molecule has 5 nitrogen and oxygen atoms in total. The van der Waals surface area contributed by atoms with Gasteiger partial charge in [0.15, 0.2) is 5.69 Å². The van der Waals surface area contributed by atoms with E-state index >= 15 is 0 Å². The molecule has 0 aliphatic rings. The highest BCUT2D eigenvalue weighted by Gasteiger charge is 2.18. The summed E-state index contributed by atoms with van der Waals surface area (Å²) in [4.78, 5) is 18.5. The molecule has 6 heteroatoms. The normalized spacial score (nSPS) is 10.4. The monoisotopic (exact) mass is 324 g/mol. The number of carbonyl (C=O) groups excluding carboxylic acids is 1. The predicted molar refractivity (Wildman–Crippen MR) is 89.0 cm³/mol. The molecule has 0 unspecified atom stereocenters. The molecule has 2 aromatic heterocycles. The van der Waals surface area contributed by atoms with E-state index in [-0.39, 0.29) is 5.91 Å². The van der Waals surface area contributed by atoms with Crippen molar-refractivity contribution in [3.8, 4) is 0 Å². The van der Waals surface area contributed by atoms with Crippen molar-refractivity contribution in [3.63, 3.8) is 0 Å². The molecule has 3 aromatic rings. The Kier molecular flexibility index (Phi) is 5.06. The number of nitrogens with zero attached hydrogens (tertiary/aromatic N) is 4. The van der Waals surface area contributed by atoms with Gasteiger partial charge in [0, 0.05) is 30.9 Å². The van der Waals surface area contributed by atoms with Gasteiger partial charge < -0.3 is 4.90 Å². The zero-order valence-electron chi connectivity index (χ0n) is 12.5. The standard InChI is InChI=1S/C17H16N4OS/c22-17(16-13-23-20-19-16)21(12-15-6-9-18-10-7-15)11-8-14-4-2-1-3-5-14/h1-7,9-10,13H,8,11-12H2. The Labute approximate surface area is 138 Å². The van der Waals surface area contributed by atoms with Crippen molar-refractivity contribution in [2.24, 2.45) is 0 Å². The highest BCUT2D eigenvalue weighted by Crippen LogP contribution is 2.11. The number of pyridine rings is 1. The molecule has 2 heterocycles. The number of benzene rings is 1. The molecule has 0 saturated carbocycles. The van der Waals surface area contributed by atoms with Gasteiger partial charge in [-0.1, -0.05) is 34.8 Å². The van der Waals surface area contributed by atoms with E-state index in [2.05, 4.69) is 26.7 Å². The molecule has 0 aliphatic heterocycles. The van der Waals surface area contributed by atoms with Crippen LogP contribution in [0.15, 0.2) is 60.2 Å². The van der Waals surface area contributed by atoms with E-state index in [9.17, 15) is 4.79 Å². The molecule has 0 atom stereocenters. The fraction of sp³-hybridized carbons (Fsp3) is 0.176. The van der Waals surface area contributed by atoms with Crippen LogP contribution in [0.5, 0.6) is 0 Å². The van der Waals surface area contributed by atoms with Gasteiger partial charge in [-0.25, -0.2) is 0 Å². The van der Waals surface area contributed by atoms with E-state index in [1.54, 1.807) is 22.7 Å². The van der Waals surface area contributed by atoms with Gasteiger partial charge in [0.05, 0.1) is 0 Å². The van der Waals surface area contributed by atoms with Crippen LogP contribution in [0.4, 0.5) is 0 Å². The molecular weight excluding hydrogens is 308 g/mol. The smallest absolute Gasteiger partial charge is 0.275 e. The van der Waals surface area contributed by atoms with Gasteiger partial charge in [-0.05, 0) is 41.2 Å². The minimum Gasteiger partial charge on any atom is -0.333 e. The van der Waals surface area contributed by atoms with Gasteiger partial charge in [-0.3, -0.25) is 9.78 Å². The Morgan fingerprint density at radius 2 is 1.83 bits per heavy atom. The summed E-state index contributed by atoms with van der Waals surface area (Å²) in [7, 11) is 0. The van der Waals surface area contributed by atoms with Crippen LogP contribution in [-0.2, 0) is 13.0 Å². The maximum atomic E-state index is 12.6. The van der Waals surface area contributed by atoms with Crippen LogP contribution in [0.2, 0.25) is 0 Å². The molecule has 1 amide bonds. The maximum absolute atomic E-state index is 12.6. The van der Waals surface area contributed by atoms with E-state index < -0.39 is 0 Å². The third kappa shape index (κ3) is 4.20. The SMILES string of the molecule is O=C(c1csnn1)N(CCc1ccccc1)Cc1ccncc1. The van der Waals surface area contributed by atoms with E-state index in [0.29, 0.717) is 18.8 Å². The second-order valence-corrected chi connectivity index (χ2v) is 5.72. The van der Waals surface area contributed by atoms with Gasteiger partial charge in [-0.15, -0.1) is 5.10 Å². The zero-order chi connectivity index (χ0) is 15.9. The number of rotatable bonds is 6. The van der Waals surface area contributed by atoms with Crippen LogP contribution in [0.1, 0.15) is 21.6 Å². The predicted octanol–water partition coefficient (Wildman–Crippen LogP) is 2.82. The van der Waals surface area contributed by atoms with E-state index in [1.807, 2.05) is 30.3 Å². The first-order valence-corrected chi connectivity index (χ1v) is 8.16. The lowest BCUT2D eigenvalue weighted by molar-refractivity contribution is 0.0739. The second kappa shape index (κ2) is 7.60. The van der Waals surface area contributed by atoms with Crippen LogP contribution in [0, 0.1) is 0 Å². The van der Waals surface area contributed by atoms with Gasteiger partial charge in [0.25, 0.3) is 5.91 Å². The Hall–Kier alpha value is -2.60. The van der Waals surface area contributed by atoms with Crippen LogP contribution >= 0.6 is 11.5 Å². The molecule has 0 aliphatic carbocycles. The van der Waals surface area contributed by atoms with Crippen molar-refractivity contribution < 1.29 is 4.79 Å². The maximum Gasteiger partial charge on any atom is 0.275 e. The quantitative estimate of drug-likeness (QED) is 0.699. The first kappa shape index (κ1) is 15.3. The van der Waals surface area contributed by atoms with Gasteiger partial charge in [0.1, 0.15) is 0 Å². The van der Waals surface area contributed by atoms with Gasteiger partial charge in [0.2, 0.25) is 0 Å². The molecule has 0 radical (unpaired) electrons. The summed E-state index contributed by atoms with van der Waals surface area (Å²) in [6.45, 7) is 1.16. The average molecular weight is 324 g/mol. The van der Waals surface area contributed by atoms with Crippen molar-refractivity contribution in [2.75, 3.05) is 6.54 Å². The molecule has 116 valence electrons. The Balaban J connectivity index is 1.74. The van der Waals surface area contributed by atoms with E-state index in [4.69, 9.17) is 0 Å². The fourth-order valence-corrected chi connectivity index (χ4v) is 2.72. The lowest BCUT2D eigenvalue weighted by atomic mass is 10.1. The molecule has 0 bridgehead atoms. The third-order valence-electron chi connectivity index (χ3n) is 3.50. The van der Waals surface area contributed by atoms with Gasteiger partial charge >= 0.3 is 0 Å². The lowest BCUT2D eigenvalue weighted by Crippen LogP contribution is -2.32. The Morgan fingerprint density at radius 3 is 2.52 bits per heavy atom. The number of amides is 1. The first-order chi connectivity index (χ1) is 11.3. The van der Waals surface area contributed by atoms with Crippen LogP contribution in [0.25, 0.3) is 0 Å². The number of hydrogen-bond acceptors (Lipinski definition) is 5. The van der Waals surface area contributed by atoms with Crippen molar-refractivity contribution in [2.45, 2.75) is 13.0 Å². The van der Waals surface area contributed by atoms with Crippen LogP contribution in [0.3, 0.4) is 0 Å². The van der Waals surface area contributed by atoms with Crippen LogP contribution in [-0.4, -0.2) is 31.9 Å². The Bertz CT molecular complexity index is 732. The number of hydrogen-bond donors (Lipinski definition) is 0. The molecule has 0 saturated heterocycles. The molecule has 0 fully saturated rings. The molecule has 0 spiro atoms. The lowest BCUT2D eigenvalue weighted by Gasteiger charge is -2.22.